The second kappa shape index (κ2) is 14.4. The van der Waals surface area contributed by atoms with E-state index in [4.69, 9.17) is 10.2 Å². The van der Waals surface area contributed by atoms with Gasteiger partial charge in [-0.05, 0) is 74.3 Å². The fourth-order valence-electron chi connectivity index (χ4n) is 6.45. The number of hydrogen-bond acceptors (Lipinski definition) is 11. The molecule has 0 aliphatic carbocycles. The second-order valence-electron chi connectivity index (χ2n) is 12.7. The molecule has 1 atom stereocenters. The maximum absolute atomic E-state index is 13.4. The van der Waals surface area contributed by atoms with Crippen LogP contribution < -0.4 is 16.4 Å². The molecule has 5 aromatic rings. The van der Waals surface area contributed by atoms with E-state index in [-0.39, 0.29) is 41.4 Å². The Kier molecular flexibility index (Phi) is 9.43. The SMILES string of the molecule is CN(CCCc1cccc2c1C(=O)N(C1CCC(=O)NC1=O)C2=O)Cc1ccc(-n2cc(NC(=O)c3coc(-c4ccncc4)n3)c(C(N)=O)n2)cc1. The number of amides is 6. The van der Waals surface area contributed by atoms with Crippen molar-refractivity contribution in [2.24, 2.45) is 5.73 Å². The average molecular weight is 716 g/mol. The Morgan fingerprint density at radius 2 is 1.81 bits per heavy atom. The van der Waals surface area contributed by atoms with E-state index in [9.17, 15) is 28.8 Å². The topological polar surface area (TPSA) is 216 Å². The first-order valence-corrected chi connectivity index (χ1v) is 16.8. The smallest absolute Gasteiger partial charge is 0.277 e. The predicted molar refractivity (Wildman–Crippen MR) is 188 cm³/mol. The highest BCUT2D eigenvalue weighted by atomic mass is 16.3. The molecule has 4 N–H and O–H groups in total. The van der Waals surface area contributed by atoms with Crippen LogP contribution in [0.3, 0.4) is 0 Å². The molecule has 53 heavy (non-hydrogen) atoms. The van der Waals surface area contributed by atoms with Gasteiger partial charge in [-0.25, -0.2) is 9.67 Å². The molecule has 268 valence electrons. The molecule has 1 fully saturated rings. The van der Waals surface area contributed by atoms with Gasteiger partial charge < -0.3 is 20.4 Å². The third-order valence-corrected chi connectivity index (χ3v) is 9.05. The molecule has 0 saturated carbocycles. The first kappa shape index (κ1) is 34.6. The fraction of sp³-hybridized carbons (Fsp3) is 0.216. The van der Waals surface area contributed by atoms with E-state index >= 15 is 0 Å². The van der Waals surface area contributed by atoms with Crippen molar-refractivity contribution in [3.63, 3.8) is 0 Å². The molecule has 6 amide bonds. The fourth-order valence-corrected chi connectivity index (χ4v) is 6.45. The molecule has 2 aliphatic heterocycles. The molecule has 2 aliphatic rings. The van der Waals surface area contributed by atoms with Crippen LogP contribution in [-0.2, 0) is 22.6 Å². The quantitative estimate of drug-likeness (QED) is 0.160. The van der Waals surface area contributed by atoms with E-state index in [1.807, 2.05) is 37.4 Å². The predicted octanol–water partition coefficient (Wildman–Crippen LogP) is 2.74. The number of oxazole rings is 1. The van der Waals surface area contributed by atoms with Gasteiger partial charge >= 0.3 is 0 Å². The third kappa shape index (κ3) is 7.07. The van der Waals surface area contributed by atoms with E-state index in [0.29, 0.717) is 42.7 Å². The van der Waals surface area contributed by atoms with Crippen LogP contribution >= 0.6 is 0 Å². The first-order chi connectivity index (χ1) is 25.6. The van der Waals surface area contributed by atoms with Crippen molar-refractivity contribution in [1.29, 1.82) is 0 Å². The normalized spacial score (nSPS) is 15.5. The highest BCUT2D eigenvalue weighted by molar-refractivity contribution is 6.24. The number of piperidine rings is 1. The van der Waals surface area contributed by atoms with Crippen LogP contribution in [0.4, 0.5) is 5.69 Å². The Morgan fingerprint density at radius 3 is 2.55 bits per heavy atom. The average Bonchev–Trinajstić information content (AvgIpc) is 3.87. The lowest BCUT2D eigenvalue weighted by Crippen LogP contribution is -2.54. The lowest BCUT2D eigenvalue weighted by atomic mass is 9.99. The summed E-state index contributed by atoms with van der Waals surface area (Å²) in [5.74, 6) is -3.28. The van der Waals surface area contributed by atoms with Crippen LogP contribution in [-0.4, -0.2) is 84.6 Å². The third-order valence-electron chi connectivity index (χ3n) is 9.05. The number of aryl methyl sites for hydroxylation is 1. The zero-order valence-corrected chi connectivity index (χ0v) is 28.4. The minimum atomic E-state index is -1.01. The number of rotatable bonds is 12. The Hall–Kier alpha value is -6.81. The molecule has 1 unspecified atom stereocenters. The number of aromatic nitrogens is 4. The van der Waals surface area contributed by atoms with E-state index in [2.05, 4.69) is 30.6 Å². The Labute approximate surface area is 302 Å². The van der Waals surface area contributed by atoms with Crippen LogP contribution in [0.1, 0.15) is 72.1 Å². The number of anilines is 1. The van der Waals surface area contributed by atoms with Crippen LogP contribution in [0.2, 0.25) is 0 Å². The molecular weight excluding hydrogens is 682 g/mol. The highest BCUT2D eigenvalue weighted by Gasteiger charge is 2.45. The van der Waals surface area contributed by atoms with Crippen molar-refractivity contribution in [3.8, 4) is 17.1 Å². The zero-order valence-electron chi connectivity index (χ0n) is 28.4. The Morgan fingerprint density at radius 1 is 1.04 bits per heavy atom. The van der Waals surface area contributed by atoms with E-state index in [1.165, 1.54) is 17.1 Å². The van der Waals surface area contributed by atoms with E-state index < -0.39 is 41.5 Å². The zero-order chi connectivity index (χ0) is 37.2. The van der Waals surface area contributed by atoms with Gasteiger partial charge in [-0.15, -0.1) is 0 Å². The summed E-state index contributed by atoms with van der Waals surface area (Å²) in [5, 5.41) is 9.16. The van der Waals surface area contributed by atoms with Gasteiger partial charge in [0.1, 0.15) is 12.3 Å². The summed E-state index contributed by atoms with van der Waals surface area (Å²) in [6, 6.07) is 15.0. The summed E-state index contributed by atoms with van der Waals surface area (Å²) in [5.41, 5.74) is 9.15. The number of nitrogens with zero attached hydrogens (tertiary/aromatic N) is 6. The molecule has 0 spiro atoms. The summed E-state index contributed by atoms with van der Waals surface area (Å²) in [4.78, 5) is 87.0. The van der Waals surface area contributed by atoms with Crippen molar-refractivity contribution >= 4 is 41.1 Å². The van der Waals surface area contributed by atoms with E-state index in [1.54, 1.807) is 36.7 Å². The molecule has 16 nitrogen and oxygen atoms in total. The monoisotopic (exact) mass is 715 g/mol. The largest absolute Gasteiger partial charge is 0.444 e. The number of primary amides is 1. The van der Waals surface area contributed by atoms with Gasteiger partial charge in [0.2, 0.25) is 17.7 Å². The lowest BCUT2D eigenvalue weighted by molar-refractivity contribution is -0.136. The number of nitrogens with two attached hydrogens (primary N) is 1. The van der Waals surface area contributed by atoms with Crippen LogP contribution in [0.25, 0.3) is 17.1 Å². The van der Waals surface area contributed by atoms with Gasteiger partial charge in [0, 0.05) is 30.9 Å². The molecule has 16 heteroatoms. The summed E-state index contributed by atoms with van der Waals surface area (Å²) in [7, 11) is 1.97. The maximum atomic E-state index is 13.4. The van der Waals surface area contributed by atoms with Gasteiger partial charge in [-0.2, -0.15) is 5.10 Å². The van der Waals surface area contributed by atoms with Gasteiger partial charge in [0.05, 0.1) is 28.7 Å². The number of imide groups is 2. The van der Waals surface area contributed by atoms with Crippen molar-refractivity contribution in [2.45, 2.75) is 38.3 Å². The van der Waals surface area contributed by atoms with Crippen LogP contribution in [0, 0.1) is 0 Å². The Balaban J connectivity index is 0.954. The summed E-state index contributed by atoms with van der Waals surface area (Å²) in [6.07, 6.45) is 7.26. The summed E-state index contributed by atoms with van der Waals surface area (Å²) in [6.45, 7) is 1.30. The number of hydrogen-bond donors (Lipinski definition) is 3. The van der Waals surface area contributed by atoms with Gasteiger partial charge in [0.25, 0.3) is 23.6 Å². The number of carbonyl (C=O) groups is 6. The standard InChI is InChI=1S/C37H33N9O7/c1-44(17-3-5-22-4-2-6-25-30(22)37(52)46(36(25)51)28-11-12-29(47)42-34(28)50)18-21-7-9-24(10-8-21)45-19-26(31(43-45)32(38)48)40-33(49)27-20-53-35(41-27)23-13-15-39-16-14-23/h2,4,6-10,13-16,19-20,28H,3,5,11-12,17-18H2,1H3,(H2,38,48)(H,40,49)(H,42,47,50). The number of pyridine rings is 1. The molecule has 5 heterocycles. The summed E-state index contributed by atoms with van der Waals surface area (Å²) < 4.78 is 6.88. The molecule has 7 rings (SSSR count). The van der Waals surface area contributed by atoms with Gasteiger partial charge in [-0.3, -0.25) is 44.0 Å². The maximum Gasteiger partial charge on any atom is 0.277 e. The molecule has 3 aromatic heterocycles. The van der Waals surface area contributed by atoms with Crippen molar-refractivity contribution in [2.75, 3.05) is 18.9 Å². The van der Waals surface area contributed by atoms with E-state index in [0.717, 1.165) is 16.0 Å². The van der Waals surface area contributed by atoms with Crippen molar-refractivity contribution < 1.29 is 33.2 Å². The molecule has 0 radical (unpaired) electrons. The molecule has 2 aromatic carbocycles. The number of benzene rings is 2. The summed E-state index contributed by atoms with van der Waals surface area (Å²) >= 11 is 0. The Bertz CT molecular complexity index is 2260. The number of carbonyl (C=O) groups excluding carboxylic acids is 6. The second-order valence-corrected chi connectivity index (χ2v) is 12.7. The number of fused-ring (bicyclic) bond motifs is 1. The minimum Gasteiger partial charge on any atom is -0.444 e. The van der Waals surface area contributed by atoms with Crippen LogP contribution in [0.5, 0.6) is 0 Å². The molecule has 1 saturated heterocycles. The van der Waals surface area contributed by atoms with Crippen LogP contribution in [0.15, 0.2) is 83.9 Å². The highest BCUT2D eigenvalue weighted by Crippen LogP contribution is 2.30. The van der Waals surface area contributed by atoms with Gasteiger partial charge in [0.15, 0.2) is 11.4 Å². The molecule has 0 bridgehead atoms. The minimum absolute atomic E-state index is 0.00106. The molecular formula is C37H33N9O7. The number of nitrogens with one attached hydrogen (secondary N) is 2. The first-order valence-electron chi connectivity index (χ1n) is 16.8. The van der Waals surface area contributed by atoms with Crippen molar-refractivity contribution in [1.82, 2.24) is 34.9 Å². The lowest BCUT2D eigenvalue weighted by Gasteiger charge is -2.27. The van der Waals surface area contributed by atoms with Gasteiger partial charge in [-0.1, -0.05) is 24.3 Å². The van der Waals surface area contributed by atoms with Crippen molar-refractivity contribution in [3.05, 3.63) is 113 Å².